The van der Waals surface area contributed by atoms with Crippen LogP contribution in [0.3, 0.4) is 0 Å². The van der Waals surface area contributed by atoms with Crippen LogP contribution in [0, 0.1) is 13.8 Å². The average Bonchev–Trinajstić information content (AvgIpc) is 2.96. The Balaban J connectivity index is 2.48. The number of aromatic nitrogens is 1. The van der Waals surface area contributed by atoms with Crippen molar-refractivity contribution in [1.82, 2.24) is 8.87 Å². The number of sulfonamides is 1. The molecule has 0 aliphatic heterocycles. The van der Waals surface area contributed by atoms with E-state index in [4.69, 9.17) is 4.74 Å². The van der Waals surface area contributed by atoms with E-state index in [1.54, 1.807) is 50.5 Å². The SMILES string of the molecule is CCOC(=O)c1c(C)c(C(=O)C(C)N(C)S(=O)(=O)c2ccccc2)c(C)n1CC. The molecule has 7 nitrogen and oxygen atoms in total. The van der Waals surface area contributed by atoms with E-state index in [0.29, 0.717) is 29.1 Å². The van der Waals surface area contributed by atoms with Crippen molar-refractivity contribution in [2.75, 3.05) is 13.7 Å². The quantitative estimate of drug-likeness (QED) is 0.484. The van der Waals surface area contributed by atoms with E-state index in [1.165, 1.54) is 19.2 Å². The lowest BCUT2D eigenvalue weighted by Gasteiger charge is -2.23. The van der Waals surface area contributed by atoms with Crippen molar-refractivity contribution in [2.24, 2.45) is 0 Å². The van der Waals surface area contributed by atoms with Crippen molar-refractivity contribution in [1.29, 1.82) is 0 Å². The van der Waals surface area contributed by atoms with E-state index >= 15 is 0 Å². The highest BCUT2D eigenvalue weighted by atomic mass is 32.2. The number of hydrogen-bond acceptors (Lipinski definition) is 5. The summed E-state index contributed by atoms with van der Waals surface area (Å²) in [6, 6.07) is 7.03. The number of Topliss-reactive ketones (excluding diaryl/α,β-unsaturated/α-hetero) is 1. The molecule has 0 aliphatic rings. The zero-order valence-electron chi connectivity index (χ0n) is 17.7. The van der Waals surface area contributed by atoms with E-state index in [0.717, 1.165) is 4.31 Å². The van der Waals surface area contributed by atoms with Gasteiger partial charge in [-0.3, -0.25) is 4.79 Å². The van der Waals surface area contributed by atoms with Crippen LogP contribution in [0.1, 0.15) is 52.9 Å². The Hall–Kier alpha value is -2.45. The number of carbonyl (C=O) groups is 2. The van der Waals surface area contributed by atoms with Crippen molar-refractivity contribution in [2.45, 2.75) is 52.1 Å². The molecule has 0 amide bonds. The van der Waals surface area contributed by atoms with Crippen LogP contribution >= 0.6 is 0 Å². The van der Waals surface area contributed by atoms with Crippen LogP contribution in [0.4, 0.5) is 0 Å². The van der Waals surface area contributed by atoms with Gasteiger partial charge in [-0.05, 0) is 52.3 Å². The summed E-state index contributed by atoms with van der Waals surface area (Å²) in [5.41, 5.74) is 1.81. The zero-order chi connectivity index (χ0) is 21.9. The summed E-state index contributed by atoms with van der Waals surface area (Å²) < 4.78 is 33.7. The van der Waals surface area contributed by atoms with E-state index in [1.807, 2.05) is 6.92 Å². The molecule has 0 radical (unpaired) electrons. The fourth-order valence-corrected chi connectivity index (χ4v) is 4.80. The first kappa shape index (κ1) is 22.8. The summed E-state index contributed by atoms with van der Waals surface area (Å²) in [6.07, 6.45) is 0. The minimum absolute atomic E-state index is 0.119. The number of ether oxygens (including phenoxy) is 1. The van der Waals surface area contributed by atoms with E-state index in [9.17, 15) is 18.0 Å². The lowest BCUT2D eigenvalue weighted by Crippen LogP contribution is -2.40. The minimum atomic E-state index is -3.84. The lowest BCUT2D eigenvalue weighted by atomic mass is 10.0. The molecular weight excluding hydrogens is 392 g/mol. The van der Waals surface area contributed by atoms with Gasteiger partial charge in [0.2, 0.25) is 10.0 Å². The molecule has 1 atom stereocenters. The van der Waals surface area contributed by atoms with Crippen LogP contribution in [0.15, 0.2) is 35.2 Å². The van der Waals surface area contributed by atoms with Gasteiger partial charge in [0.05, 0.1) is 17.5 Å². The Morgan fingerprint density at radius 2 is 1.72 bits per heavy atom. The van der Waals surface area contributed by atoms with Crippen LogP contribution in [-0.4, -0.2) is 48.7 Å². The summed E-state index contributed by atoms with van der Waals surface area (Å²) in [4.78, 5) is 25.8. The second-order valence-corrected chi connectivity index (χ2v) is 8.77. The minimum Gasteiger partial charge on any atom is -0.461 e. The van der Waals surface area contributed by atoms with Gasteiger partial charge in [-0.25, -0.2) is 13.2 Å². The molecule has 2 aromatic rings. The molecule has 1 aromatic heterocycles. The maximum absolute atomic E-state index is 13.3. The van der Waals surface area contributed by atoms with Crippen LogP contribution in [0.5, 0.6) is 0 Å². The van der Waals surface area contributed by atoms with E-state index in [2.05, 4.69) is 0 Å². The van der Waals surface area contributed by atoms with Gasteiger partial charge in [0.15, 0.2) is 5.78 Å². The molecule has 29 heavy (non-hydrogen) atoms. The van der Waals surface area contributed by atoms with Gasteiger partial charge >= 0.3 is 5.97 Å². The molecule has 8 heteroatoms. The third-order valence-electron chi connectivity index (χ3n) is 5.14. The second-order valence-electron chi connectivity index (χ2n) is 6.77. The van der Waals surface area contributed by atoms with Gasteiger partial charge in [-0.15, -0.1) is 0 Å². The summed E-state index contributed by atoms with van der Waals surface area (Å²) in [7, 11) is -2.45. The summed E-state index contributed by atoms with van der Waals surface area (Å²) in [5.74, 6) is -0.855. The molecule has 0 bridgehead atoms. The monoisotopic (exact) mass is 420 g/mol. The first-order valence-electron chi connectivity index (χ1n) is 9.53. The normalized spacial score (nSPS) is 12.8. The van der Waals surface area contributed by atoms with Gasteiger partial charge in [-0.2, -0.15) is 4.31 Å². The van der Waals surface area contributed by atoms with Crippen molar-refractivity contribution >= 4 is 21.8 Å². The molecule has 1 heterocycles. The molecule has 1 aromatic carbocycles. The fourth-order valence-electron chi connectivity index (χ4n) is 3.46. The van der Waals surface area contributed by atoms with Gasteiger partial charge in [0.1, 0.15) is 5.69 Å². The smallest absolute Gasteiger partial charge is 0.355 e. The van der Waals surface area contributed by atoms with Crippen LogP contribution < -0.4 is 0 Å². The van der Waals surface area contributed by atoms with E-state index < -0.39 is 22.0 Å². The van der Waals surface area contributed by atoms with Crippen molar-refractivity contribution in [3.05, 3.63) is 52.8 Å². The number of hydrogen-bond donors (Lipinski definition) is 0. The topological polar surface area (TPSA) is 85.7 Å². The Kier molecular flexibility index (Phi) is 7.02. The van der Waals surface area contributed by atoms with Gasteiger partial charge < -0.3 is 9.30 Å². The predicted molar refractivity (Wildman–Crippen MR) is 111 cm³/mol. The molecule has 0 aliphatic carbocycles. The number of likely N-dealkylation sites (N-methyl/N-ethyl adjacent to an activating group) is 1. The highest BCUT2D eigenvalue weighted by Gasteiger charge is 2.34. The Bertz CT molecular complexity index is 1010. The number of ketones is 1. The second kappa shape index (κ2) is 8.92. The highest BCUT2D eigenvalue weighted by Crippen LogP contribution is 2.27. The first-order chi connectivity index (χ1) is 13.6. The molecule has 0 fully saturated rings. The standard InChI is InChI=1S/C21H28N2O5S/c1-7-23-15(4)18(14(3)19(23)21(25)28-8-2)20(24)16(5)22(6)29(26,27)17-12-10-9-11-13-17/h9-13,16H,7-8H2,1-6H3. The van der Waals surface area contributed by atoms with Gasteiger partial charge in [0, 0.05) is 24.8 Å². The summed E-state index contributed by atoms with van der Waals surface area (Å²) in [6.45, 7) is 9.30. The number of carbonyl (C=O) groups excluding carboxylic acids is 2. The number of benzene rings is 1. The van der Waals surface area contributed by atoms with Crippen molar-refractivity contribution in [3.63, 3.8) is 0 Å². The maximum Gasteiger partial charge on any atom is 0.355 e. The van der Waals surface area contributed by atoms with E-state index in [-0.39, 0.29) is 17.3 Å². The fraction of sp³-hybridized carbons (Fsp3) is 0.429. The molecule has 1 unspecified atom stereocenters. The predicted octanol–water partition coefficient (Wildman–Crippen LogP) is 3.19. The third kappa shape index (κ3) is 4.13. The molecule has 2 rings (SSSR count). The summed E-state index contributed by atoms with van der Waals surface area (Å²) >= 11 is 0. The Morgan fingerprint density at radius 3 is 2.24 bits per heavy atom. The maximum atomic E-state index is 13.3. The van der Waals surface area contributed by atoms with Crippen molar-refractivity contribution in [3.8, 4) is 0 Å². The first-order valence-corrected chi connectivity index (χ1v) is 11.0. The number of esters is 1. The van der Waals surface area contributed by atoms with Crippen molar-refractivity contribution < 1.29 is 22.7 Å². The zero-order valence-corrected chi connectivity index (χ0v) is 18.5. The molecule has 0 N–H and O–H groups in total. The molecule has 158 valence electrons. The van der Waals surface area contributed by atoms with Crippen LogP contribution in [-0.2, 0) is 21.3 Å². The van der Waals surface area contributed by atoms with Gasteiger partial charge in [0.25, 0.3) is 0 Å². The summed E-state index contributed by atoms with van der Waals surface area (Å²) in [5, 5.41) is 0. The van der Waals surface area contributed by atoms with Crippen LogP contribution in [0.2, 0.25) is 0 Å². The molecule has 0 saturated carbocycles. The molecule has 0 spiro atoms. The third-order valence-corrected chi connectivity index (χ3v) is 7.09. The van der Waals surface area contributed by atoms with Gasteiger partial charge in [-0.1, -0.05) is 18.2 Å². The molecular formula is C21H28N2O5S. The lowest BCUT2D eigenvalue weighted by molar-refractivity contribution is 0.0512. The Labute approximate surface area is 172 Å². The Morgan fingerprint density at radius 1 is 1.14 bits per heavy atom. The molecule has 0 saturated heterocycles. The largest absolute Gasteiger partial charge is 0.461 e. The number of rotatable bonds is 8. The number of nitrogens with zero attached hydrogens (tertiary/aromatic N) is 2. The van der Waals surface area contributed by atoms with Crippen LogP contribution in [0.25, 0.3) is 0 Å². The highest BCUT2D eigenvalue weighted by molar-refractivity contribution is 7.89. The average molecular weight is 421 g/mol.